The molecule has 0 aliphatic heterocycles. The topological polar surface area (TPSA) is 63.2 Å². The van der Waals surface area contributed by atoms with Crippen molar-refractivity contribution in [2.24, 2.45) is 5.92 Å². The molecule has 0 aliphatic rings. The van der Waals surface area contributed by atoms with Gasteiger partial charge in [0.1, 0.15) is 5.82 Å². The van der Waals surface area contributed by atoms with E-state index in [0.717, 1.165) is 18.6 Å². The molecule has 0 atom stereocenters. The molecule has 0 saturated heterocycles. The Morgan fingerprint density at radius 1 is 1.45 bits per heavy atom. The van der Waals surface area contributed by atoms with E-state index in [1.165, 1.54) is 0 Å². The lowest BCUT2D eigenvalue weighted by atomic mass is 10.1. The van der Waals surface area contributed by atoms with Crippen LogP contribution in [0, 0.1) is 11.7 Å². The fourth-order valence-corrected chi connectivity index (χ4v) is 3.63. The van der Waals surface area contributed by atoms with Crippen LogP contribution in [0.3, 0.4) is 0 Å². The second-order valence-electron chi connectivity index (χ2n) is 4.64. The second kappa shape index (κ2) is 6.87. The van der Waals surface area contributed by atoms with Crippen molar-refractivity contribution in [3.63, 3.8) is 0 Å². The number of hydrogen-bond donors (Lipinski definition) is 1. The fourth-order valence-electron chi connectivity index (χ4n) is 1.46. The van der Waals surface area contributed by atoms with Crippen LogP contribution in [0.1, 0.15) is 30.6 Å². The molecule has 0 heterocycles. The van der Waals surface area contributed by atoms with Gasteiger partial charge in [0.25, 0.3) is 15.0 Å². The maximum Gasteiger partial charge on any atom is 0.262 e. The van der Waals surface area contributed by atoms with Crippen LogP contribution in [0.25, 0.3) is 0 Å². The lowest BCUT2D eigenvalue weighted by Gasteiger charge is -2.09. The summed E-state index contributed by atoms with van der Waals surface area (Å²) in [5, 5.41) is 2.54. The Bertz CT molecular complexity index is 619. The lowest BCUT2D eigenvalue weighted by molar-refractivity contribution is 0.0947. The molecular formula is C12H14BrClFNO3S. The van der Waals surface area contributed by atoms with Gasteiger partial charge in [-0.25, -0.2) is 12.8 Å². The Labute approximate surface area is 130 Å². The first-order valence-corrected chi connectivity index (χ1v) is 8.95. The molecule has 8 heteroatoms. The van der Waals surface area contributed by atoms with Gasteiger partial charge in [-0.2, -0.15) is 0 Å². The first-order valence-electron chi connectivity index (χ1n) is 5.85. The van der Waals surface area contributed by atoms with E-state index >= 15 is 0 Å². The summed E-state index contributed by atoms with van der Waals surface area (Å²) in [4.78, 5) is 11.5. The molecule has 1 rings (SSSR count). The molecule has 1 amide bonds. The van der Waals surface area contributed by atoms with E-state index in [2.05, 4.69) is 21.2 Å². The Kier molecular flexibility index (Phi) is 5.97. The van der Waals surface area contributed by atoms with E-state index in [1.54, 1.807) is 0 Å². The number of benzene rings is 1. The molecule has 0 spiro atoms. The normalized spacial score (nSPS) is 11.7. The van der Waals surface area contributed by atoms with Crippen molar-refractivity contribution in [2.45, 2.75) is 25.2 Å². The average molecular weight is 387 g/mol. The molecule has 4 nitrogen and oxygen atoms in total. The van der Waals surface area contributed by atoms with Crippen molar-refractivity contribution in [2.75, 3.05) is 6.54 Å². The predicted molar refractivity (Wildman–Crippen MR) is 78.9 cm³/mol. The Balaban J connectivity index is 3.04. The molecule has 0 aliphatic carbocycles. The number of carbonyl (C=O) groups excluding carboxylic acids is 1. The largest absolute Gasteiger partial charge is 0.352 e. The van der Waals surface area contributed by atoms with Gasteiger partial charge >= 0.3 is 0 Å². The number of halogens is 3. The SMILES string of the molecule is CC(C)CCNC(=O)c1cc(S(=O)(=O)Cl)c(Br)cc1F. The van der Waals surface area contributed by atoms with Gasteiger partial charge in [-0.3, -0.25) is 4.79 Å². The van der Waals surface area contributed by atoms with Crippen molar-refractivity contribution in [1.82, 2.24) is 5.32 Å². The van der Waals surface area contributed by atoms with Gasteiger partial charge in [-0.15, -0.1) is 0 Å². The molecule has 1 N–H and O–H groups in total. The first kappa shape index (κ1) is 17.4. The van der Waals surface area contributed by atoms with E-state index in [0.29, 0.717) is 12.5 Å². The first-order chi connectivity index (χ1) is 9.12. The predicted octanol–water partition coefficient (Wildman–Crippen LogP) is 3.29. The van der Waals surface area contributed by atoms with Crippen LogP contribution >= 0.6 is 26.6 Å². The fraction of sp³-hybridized carbons (Fsp3) is 0.417. The quantitative estimate of drug-likeness (QED) is 0.790. The molecule has 0 bridgehead atoms. The van der Waals surface area contributed by atoms with Crippen LogP contribution in [-0.4, -0.2) is 20.9 Å². The van der Waals surface area contributed by atoms with Gasteiger partial charge < -0.3 is 5.32 Å². The molecule has 0 aromatic heterocycles. The monoisotopic (exact) mass is 385 g/mol. The van der Waals surface area contributed by atoms with Crippen LogP contribution in [0.5, 0.6) is 0 Å². The lowest BCUT2D eigenvalue weighted by Crippen LogP contribution is -2.26. The summed E-state index contributed by atoms with van der Waals surface area (Å²) < 4.78 is 36.4. The maximum absolute atomic E-state index is 13.7. The number of hydrogen-bond acceptors (Lipinski definition) is 3. The van der Waals surface area contributed by atoms with E-state index < -0.39 is 20.8 Å². The van der Waals surface area contributed by atoms with Gasteiger partial charge in [0.2, 0.25) is 0 Å². The van der Waals surface area contributed by atoms with Crippen molar-refractivity contribution in [3.05, 3.63) is 28.0 Å². The summed E-state index contributed by atoms with van der Waals surface area (Å²) in [5.74, 6) is -1.09. The third kappa shape index (κ3) is 4.71. The zero-order valence-corrected chi connectivity index (χ0v) is 14.1. The summed E-state index contributed by atoms with van der Waals surface area (Å²) in [5.41, 5.74) is -0.351. The summed E-state index contributed by atoms with van der Waals surface area (Å²) in [6, 6.07) is 1.83. The van der Waals surface area contributed by atoms with E-state index in [-0.39, 0.29) is 14.9 Å². The highest BCUT2D eigenvalue weighted by molar-refractivity contribution is 9.10. The second-order valence-corrected chi connectivity index (χ2v) is 8.03. The minimum Gasteiger partial charge on any atom is -0.352 e. The van der Waals surface area contributed by atoms with Gasteiger partial charge in [0, 0.05) is 21.7 Å². The smallest absolute Gasteiger partial charge is 0.262 e. The van der Waals surface area contributed by atoms with Gasteiger partial charge in [0.05, 0.1) is 10.5 Å². The summed E-state index contributed by atoms with van der Waals surface area (Å²) in [6.07, 6.45) is 0.741. The molecule has 1 aromatic rings. The van der Waals surface area contributed by atoms with Crippen molar-refractivity contribution in [3.8, 4) is 0 Å². The van der Waals surface area contributed by atoms with Gasteiger partial charge in [-0.1, -0.05) is 13.8 Å². The minimum absolute atomic E-state index is 0.0243. The highest BCUT2D eigenvalue weighted by Gasteiger charge is 2.21. The van der Waals surface area contributed by atoms with Crippen molar-refractivity contribution < 1.29 is 17.6 Å². The highest BCUT2D eigenvalue weighted by atomic mass is 79.9. The van der Waals surface area contributed by atoms with E-state index in [4.69, 9.17) is 10.7 Å². The van der Waals surface area contributed by atoms with Crippen LogP contribution in [0.15, 0.2) is 21.5 Å². The Morgan fingerprint density at radius 2 is 2.05 bits per heavy atom. The Morgan fingerprint density at radius 3 is 2.55 bits per heavy atom. The average Bonchev–Trinajstić information content (AvgIpc) is 2.26. The third-order valence-electron chi connectivity index (χ3n) is 2.54. The number of amides is 1. The summed E-state index contributed by atoms with van der Waals surface area (Å²) in [7, 11) is 1.17. The molecule has 0 unspecified atom stereocenters. The van der Waals surface area contributed by atoms with E-state index in [1.807, 2.05) is 13.8 Å². The van der Waals surface area contributed by atoms with Crippen LogP contribution in [-0.2, 0) is 9.05 Å². The zero-order valence-electron chi connectivity index (χ0n) is 10.9. The maximum atomic E-state index is 13.7. The van der Waals surface area contributed by atoms with Crippen LogP contribution < -0.4 is 5.32 Å². The van der Waals surface area contributed by atoms with Crippen molar-refractivity contribution in [1.29, 1.82) is 0 Å². The van der Waals surface area contributed by atoms with Gasteiger partial charge in [0.15, 0.2) is 0 Å². The molecule has 112 valence electrons. The number of nitrogens with one attached hydrogen (secondary N) is 1. The van der Waals surface area contributed by atoms with E-state index in [9.17, 15) is 17.6 Å². The van der Waals surface area contributed by atoms with Gasteiger partial charge in [-0.05, 0) is 40.4 Å². The molecule has 0 saturated carbocycles. The van der Waals surface area contributed by atoms with Crippen LogP contribution in [0.2, 0.25) is 0 Å². The Hall–Kier alpha value is -0.660. The number of rotatable bonds is 5. The molecular weight excluding hydrogens is 373 g/mol. The zero-order chi connectivity index (χ0) is 15.5. The molecule has 0 radical (unpaired) electrons. The highest BCUT2D eigenvalue weighted by Crippen LogP contribution is 2.28. The standard InChI is InChI=1S/C12H14BrClFNO3S/c1-7(2)3-4-16-12(17)8-5-11(20(14,18)19)9(13)6-10(8)15/h5-7H,3-4H2,1-2H3,(H,16,17). The third-order valence-corrected chi connectivity index (χ3v) is 4.82. The van der Waals surface area contributed by atoms with Crippen LogP contribution in [0.4, 0.5) is 4.39 Å². The number of carbonyl (C=O) groups is 1. The minimum atomic E-state index is -4.06. The molecule has 0 fully saturated rings. The summed E-state index contributed by atoms with van der Waals surface area (Å²) >= 11 is 2.90. The molecule has 1 aromatic carbocycles. The van der Waals surface area contributed by atoms with Crippen molar-refractivity contribution >= 4 is 41.6 Å². The summed E-state index contributed by atoms with van der Waals surface area (Å²) in [6.45, 7) is 4.37. The molecule has 20 heavy (non-hydrogen) atoms.